The van der Waals surface area contributed by atoms with Crippen LogP contribution in [0.15, 0.2) is 24.3 Å². The van der Waals surface area contributed by atoms with Crippen LogP contribution in [-0.4, -0.2) is 5.78 Å². The molecule has 1 unspecified atom stereocenters. The maximum atomic E-state index is 12.6. The summed E-state index contributed by atoms with van der Waals surface area (Å²) in [5, 5.41) is 0. The Kier molecular flexibility index (Phi) is 4.13. The predicted octanol–water partition coefficient (Wildman–Crippen LogP) is 4.89. The Bertz CT molecular complexity index is 439. The van der Waals surface area contributed by atoms with Gasteiger partial charge in [-0.15, -0.1) is 0 Å². The van der Waals surface area contributed by atoms with Crippen LogP contribution in [0.25, 0.3) is 0 Å². The zero-order valence-electron chi connectivity index (χ0n) is 12.7. The third-order valence-electron chi connectivity index (χ3n) is 4.46. The normalized spacial score (nSPS) is 21.8. The van der Waals surface area contributed by atoms with Crippen LogP contribution in [0.4, 0.5) is 0 Å². The van der Waals surface area contributed by atoms with Crippen LogP contribution in [-0.2, 0) is 6.42 Å². The van der Waals surface area contributed by atoms with Gasteiger partial charge in [0.15, 0.2) is 5.78 Å². The van der Waals surface area contributed by atoms with Gasteiger partial charge in [0.05, 0.1) is 0 Å². The summed E-state index contributed by atoms with van der Waals surface area (Å²) in [5.41, 5.74) is 2.40. The molecule has 0 spiro atoms. The number of hydrogen-bond acceptors (Lipinski definition) is 1. The van der Waals surface area contributed by atoms with Crippen molar-refractivity contribution in [3.05, 3.63) is 35.4 Å². The number of rotatable bonds is 4. The molecule has 1 atom stereocenters. The molecule has 1 saturated carbocycles. The number of carbonyl (C=O) groups is 1. The monoisotopic (exact) mass is 258 g/mol. The smallest absolute Gasteiger partial charge is 0.166 e. The molecule has 1 aromatic rings. The molecule has 0 aromatic heterocycles. The number of ketones is 1. The van der Waals surface area contributed by atoms with E-state index in [1.807, 2.05) is 12.1 Å². The van der Waals surface area contributed by atoms with Crippen molar-refractivity contribution in [1.82, 2.24) is 0 Å². The van der Waals surface area contributed by atoms with Crippen LogP contribution in [0.2, 0.25) is 0 Å². The van der Waals surface area contributed by atoms with E-state index in [9.17, 15) is 4.79 Å². The summed E-state index contributed by atoms with van der Waals surface area (Å²) in [6.45, 7) is 8.91. The molecule has 0 heterocycles. The van der Waals surface area contributed by atoms with Crippen molar-refractivity contribution in [2.45, 2.75) is 53.4 Å². The number of Topliss-reactive ketones (excluding diaryl/α,β-unsaturated/α-hetero) is 1. The maximum absolute atomic E-state index is 12.6. The molecule has 19 heavy (non-hydrogen) atoms. The van der Waals surface area contributed by atoms with E-state index in [1.165, 1.54) is 18.4 Å². The van der Waals surface area contributed by atoms with Crippen molar-refractivity contribution in [3.63, 3.8) is 0 Å². The Morgan fingerprint density at radius 3 is 2.37 bits per heavy atom. The number of hydrogen-bond donors (Lipinski definition) is 0. The quantitative estimate of drug-likeness (QED) is 0.702. The van der Waals surface area contributed by atoms with Crippen molar-refractivity contribution in [2.75, 3.05) is 0 Å². The van der Waals surface area contributed by atoms with E-state index in [2.05, 4.69) is 39.8 Å². The average molecular weight is 258 g/mol. The zero-order valence-corrected chi connectivity index (χ0v) is 12.7. The van der Waals surface area contributed by atoms with Gasteiger partial charge in [0.2, 0.25) is 0 Å². The molecule has 0 radical (unpaired) electrons. The summed E-state index contributed by atoms with van der Waals surface area (Å²) in [6.07, 6.45) is 4.51. The van der Waals surface area contributed by atoms with Gasteiger partial charge in [0.1, 0.15) is 0 Å². The third-order valence-corrected chi connectivity index (χ3v) is 4.46. The topological polar surface area (TPSA) is 17.1 Å². The molecular weight excluding hydrogens is 232 g/mol. The first kappa shape index (κ1) is 14.3. The fourth-order valence-corrected chi connectivity index (χ4v) is 3.29. The largest absolute Gasteiger partial charge is 0.294 e. The summed E-state index contributed by atoms with van der Waals surface area (Å²) in [6, 6.07) is 8.28. The summed E-state index contributed by atoms with van der Waals surface area (Å²) < 4.78 is 0. The van der Waals surface area contributed by atoms with E-state index in [0.29, 0.717) is 11.7 Å². The summed E-state index contributed by atoms with van der Waals surface area (Å²) in [5.74, 6) is 1.22. The molecule has 2 rings (SSSR count). The molecule has 0 bridgehead atoms. The van der Waals surface area contributed by atoms with Crippen molar-refractivity contribution >= 4 is 5.78 Å². The molecule has 1 nitrogen and oxygen atoms in total. The van der Waals surface area contributed by atoms with Gasteiger partial charge in [0.25, 0.3) is 0 Å². The lowest BCUT2D eigenvalue weighted by Crippen LogP contribution is -2.25. The summed E-state index contributed by atoms with van der Waals surface area (Å²) >= 11 is 0. The molecule has 0 N–H and O–H groups in total. The second-order valence-corrected chi connectivity index (χ2v) is 7.09. The highest BCUT2D eigenvalue weighted by molar-refractivity contribution is 5.98. The highest BCUT2D eigenvalue weighted by Gasteiger charge is 2.39. The van der Waals surface area contributed by atoms with Crippen LogP contribution in [0.3, 0.4) is 0 Å². The van der Waals surface area contributed by atoms with Crippen molar-refractivity contribution in [3.8, 4) is 0 Å². The lowest BCUT2D eigenvalue weighted by molar-refractivity contribution is 0.0839. The lowest BCUT2D eigenvalue weighted by Gasteiger charge is -2.25. The van der Waals surface area contributed by atoms with E-state index in [4.69, 9.17) is 0 Å². The molecule has 0 amide bonds. The fraction of sp³-hybridized carbons (Fsp3) is 0.611. The van der Waals surface area contributed by atoms with E-state index < -0.39 is 0 Å². The van der Waals surface area contributed by atoms with Crippen LogP contribution in [0.1, 0.15) is 62.9 Å². The van der Waals surface area contributed by atoms with Gasteiger partial charge in [-0.05, 0) is 36.2 Å². The molecule has 0 aliphatic heterocycles. The minimum absolute atomic E-state index is 0.174. The zero-order chi connectivity index (χ0) is 14.0. The minimum Gasteiger partial charge on any atom is -0.294 e. The first-order valence-corrected chi connectivity index (χ1v) is 7.53. The molecular formula is C18H26O. The predicted molar refractivity (Wildman–Crippen MR) is 80.4 cm³/mol. The number of carbonyl (C=O) groups excluding carboxylic acids is 1. The van der Waals surface area contributed by atoms with Crippen LogP contribution >= 0.6 is 0 Å². The second-order valence-electron chi connectivity index (χ2n) is 7.09. The van der Waals surface area contributed by atoms with Crippen molar-refractivity contribution in [1.29, 1.82) is 0 Å². The minimum atomic E-state index is 0.174. The molecule has 1 aliphatic carbocycles. The van der Waals surface area contributed by atoms with Crippen LogP contribution in [0, 0.1) is 17.3 Å². The Labute approximate surface area is 117 Å². The second kappa shape index (κ2) is 5.48. The Balaban J connectivity index is 2.12. The van der Waals surface area contributed by atoms with E-state index >= 15 is 0 Å². The van der Waals surface area contributed by atoms with Gasteiger partial charge in [-0.1, -0.05) is 58.4 Å². The van der Waals surface area contributed by atoms with Crippen molar-refractivity contribution < 1.29 is 4.79 Å². The van der Waals surface area contributed by atoms with Crippen LogP contribution < -0.4 is 0 Å². The summed E-state index contributed by atoms with van der Waals surface area (Å²) in [4.78, 5) is 12.6. The van der Waals surface area contributed by atoms with E-state index in [-0.39, 0.29) is 11.3 Å². The van der Waals surface area contributed by atoms with Gasteiger partial charge in [-0.2, -0.15) is 0 Å². The molecule has 104 valence electrons. The maximum Gasteiger partial charge on any atom is 0.166 e. The molecule has 1 aromatic carbocycles. The molecule has 0 saturated heterocycles. The van der Waals surface area contributed by atoms with Crippen molar-refractivity contribution in [2.24, 2.45) is 17.3 Å². The van der Waals surface area contributed by atoms with Gasteiger partial charge >= 0.3 is 0 Å². The molecule has 1 heteroatoms. The summed E-state index contributed by atoms with van der Waals surface area (Å²) in [7, 11) is 0. The highest BCUT2D eigenvalue weighted by Crippen LogP contribution is 2.44. The Morgan fingerprint density at radius 2 is 1.89 bits per heavy atom. The molecule has 1 aliphatic rings. The average Bonchev–Trinajstić information content (AvgIpc) is 2.68. The lowest BCUT2D eigenvalue weighted by atomic mass is 9.77. The highest BCUT2D eigenvalue weighted by atomic mass is 16.1. The number of benzene rings is 1. The van der Waals surface area contributed by atoms with E-state index in [0.717, 1.165) is 18.4 Å². The van der Waals surface area contributed by atoms with Crippen LogP contribution in [0.5, 0.6) is 0 Å². The first-order valence-electron chi connectivity index (χ1n) is 7.53. The van der Waals surface area contributed by atoms with E-state index in [1.54, 1.807) is 0 Å². The standard InChI is InChI=1S/C18H26O/c1-13(2)12-14-7-9-15(10-8-14)17(19)16-6-5-11-18(16,3)4/h7-10,13,16H,5-6,11-12H2,1-4H3. The Hall–Kier alpha value is -1.11. The third kappa shape index (κ3) is 3.26. The SMILES string of the molecule is CC(C)Cc1ccc(C(=O)C2CCCC2(C)C)cc1. The van der Waals surface area contributed by atoms with Gasteiger partial charge in [0, 0.05) is 11.5 Å². The van der Waals surface area contributed by atoms with Gasteiger partial charge < -0.3 is 0 Å². The fourth-order valence-electron chi connectivity index (χ4n) is 3.29. The Morgan fingerprint density at radius 1 is 1.26 bits per heavy atom. The van der Waals surface area contributed by atoms with Gasteiger partial charge in [-0.3, -0.25) is 4.79 Å². The molecule has 1 fully saturated rings. The van der Waals surface area contributed by atoms with Gasteiger partial charge in [-0.25, -0.2) is 0 Å². The first-order chi connectivity index (χ1) is 8.90.